The second-order valence-electron chi connectivity index (χ2n) is 5.43. The maximum atomic E-state index is 12.7. The van der Waals surface area contributed by atoms with Crippen LogP contribution in [0, 0.1) is 0 Å². The SMILES string of the molecule is CC(=O)N1CCC[C@@H]1C(=O)c1cnn(-c2ccccc2)c1N. The van der Waals surface area contributed by atoms with E-state index in [9.17, 15) is 9.59 Å². The number of nitrogen functional groups attached to an aromatic ring is 1. The molecule has 0 radical (unpaired) electrons. The van der Waals surface area contributed by atoms with Gasteiger partial charge in [0.1, 0.15) is 5.82 Å². The van der Waals surface area contributed by atoms with Gasteiger partial charge in [-0.2, -0.15) is 5.10 Å². The average molecular weight is 298 g/mol. The first-order valence-corrected chi connectivity index (χ1v) is 7.30. The lowest BCUT2D eigenvalue weighted by atomic mass is 10.0. The monoisotopic (exact) mass is 298 g/mol. The van der Waals surface area contributed by atoms with Crippen LogP contribution in [0.5, 0.6) is 0 Å². The van der Waals surface area contributed by atoms with Crippen molar-refractivity contribution >= 4 is 17.5 Å². The third kappa shape index (κ3) is 2.36. The van der Waals surface area contributed by atoms with Crippen molar-refractivity contribution in [3.63, 3.8) is 0 Å². The fourth-order valence-corrected chi connectivity index (χ4v) is 2.92. The van der Waals surface area contributed by atoms with Crippen molar-refractivity contribution in [2.45, 2.75) is 25.8 Å². The number of carbonyl (C=O) groups excluding carboxylic acids is 2. The molecule has 0 unspecified atom stereocenters. The van der Waals surface area contributed by atoms with Gasteiger partial charge in [0.05, 0.1) is 23.5 Å². The summed E-state index contributed by atoms with van der Waals surface area (Å²) in [6.07, 6.45) is 3.00. The van der Waals surface area contributed by atoms with E-state index in [-0.39, 0.29) is 11.7 Å². The number of Topliss-reactive ketones (excluding diaryl/α,β-unsaturated/α-hetero) is 1. The summed E-state index contributed by atoms with van der Waals surface area (Å²) in [6, 6.07) is 8.98. The zero-order valence-electron chi connectivity index (χ0n) is 12.4. The smallest absolute Gasteiger partial charge is 0.220 e. The summed E-state index contributed by atoms with van der Waals surface area (Å²) in [7, 11) is 0. The first-order valence-electron chi connectivity index (χ1n) is 7.30. The van der Waals surface area contributed by atoms with Crippen LogP contribution in [0.3, 0.4) is 0 Å². The molecule has 2 N–H and O–H groups in total. The predicted molar refractivity (Wildman–Crippen MR) is 82.7 cm³/mol. The summed E-state index contributed by atoms with van der Waals surface area (Å²) < 4.78 is 1.54. The number of para-hydroxylation sites is 1. The number of carbonyl (C=O) groups is 2. The molecule has 1 aliphatic rings. The van der Waals surface area contributed by atoms with Crippen molar-refractivity contribution in [3.05, 3.63) is 42.1 Å². The van der Waals surface area contributed by atoms with Crippen molar-refractivity contribution in [2.75, 3.05) is 12.3 Å². The molecular weight excluding hydrogens is 280 g/mol. The molecule has 1 saturated heterocycles. The Morgan fingerprint density at radius 3 is 2.68 bits per heavy atom. The standard InChI is InChI=1S/C16H18N4O2/c1-11(21)19-9-5-8-14(19)15(22)13-10-18-20(16(13)17)12-6-3-2-4-7-12/h2-4,6-7,10,14H,5,8-9,17H2,1H3/t14-/m1/s1. The quantitative estimate of drug-likeness (QED) is 0.874. The van der Waals surface area contributed by atoms with Gasteiger partial charge in [-0.1, -0.05) is 18.2 Å². The number of rotatable bonds is 3. The minimum Gasteiger partial charge on any atom is -0.383 e. The highest BCUT2D eigenvalue weighted by molar-refractivity contribution is 6.05. The Balaban J connectivity index is 1.91. The van der Waals surface area contributed by atoms with Crippen LogP contribution in [0.4, 0.5) is 5.82 Å². The molecule has 1 fully saturated rings. The number of nitrogens with zero attached hydrogens (tertiary/aromatic N) is 3. The maximum absolute atomic E-state index is 12.7. The molecule has 2 heterocycles. The number of ketones is 1. The molecule has 0 bridgehead atoms. The largest absolute Gasteiger partial charge is 0.383 e. The fraction of sp³-hybridized carbons (Fsp3) is 0.312. The van der Waals surface area contributed by atoms with Gasteiger partial charge in [0, 0.05) is 13.5 Å². The lowest BCUT2D eigenvalue weighted by molar-refractivity contribution is -0.128. The van der Waals surface area contributed by atoms with E-state index in [0.29, 0.717) is 24.3 Å². The van der Waals surface area contributed by atoms with Crippen LogP contribution >= 0.6 is 0 Å². The number of hydrogen-bond acceptors (Lipinski definition) is 4. The molecule has 1 amide bonds. The molecule has 1 aromatic carbocycles. The van der Waals surface area contributed by atoms with E-state index in [2.05, 4.69) is 5.10 Å². The van der Waals surface area contributed by atoms with Gasteiger partial charge in [0.2, 0.25) is 5.91 Å². The van der Waals surface area contributed by atoms with Crippen molar-refractivity contribution in [3.8, 4) is 5.69 Å². The highest BCUT2D eigenvalue weighted by Crippen LogP contribution is 2.25. The van der Waals surface area contributed by atoms with Crippen LogP contribution in [-0.4, -0.2) is 39.0 Å². The molecule has 22 heavy (non-hydrogen) atoms. The van der Waals surface area contributed by atoms with E-state index in [1.54, 1.807) is 9.58 Å². The first kappa shape index (κ1) is 14.3. The van der Waals surface area contributed by atoms with Gasteiger partial charge in [-0.3, -0.25) is 9.59 Å². The molecule has 1 aromatic heterocycles. The second-order valence-corrected chi connectivity index (χ2v) is 5.43. The van der Waals surface area contributed by atoms with Crippen LogP contribution in [0.15, 0.2) is 36.5 Å². The first-order chi connectivity index (χ1) is 10.6. The third-order valence-corrected chi connectivity index (χ3v) is 4.03. The van der Waals surface area contributed by atoms with Crippen LogP contribution in [0.25, 0.3) is 5.69 Å². The Labute approximate surface area is 128 Å². The minimum absolute atomic E-state index is 0.0788. The number of anilines is 1. The predicted octanol–water partition coefficient (Wildman–Crippen LogP) is 1.65. The topological polar surface area (TPSA) is 81.2 Å². The highest BCUT2D eigenvalue weighted by atomic mass is 16.2. The van der Waals surface area contributed by atoms with Crippen molar-refractivity contribution in [2.24, 2.45) is 0 Å². The molecule has 6 heteroatoms. The molecule has 3 rings (SSSR count). The van der Waals surface area contributed by atoms with E-state index in [0.717, 1.165) is 12.1 Å². The highest BCUT2D eigenvalue weighted by Gasteiger charge is 2.34. The van der Waals surface area contributed by atoms with E-state index < -0.39 is 6.04 Å². The van der Waals surface area contributed by atoms with E-state index in [4.69, 9.17) is 5.73 Å². The fourth-order valence-electron chi connectivity index (χ4n) is 2.92. The lowest BCUT2D eigenvalue weighted by Crippen LogP contribution is -2.39. The van der Waals surface area contributed by atoms with E-state index in [1.807, 2.05) is 30.3 Å². The van der Waals surface area contributed by atoms with Crippen LogP contribution in [0.2, 0.25) is 0 Å². The van der Waals surface area contributed by atoms with Crippen LogP contribution in [-0.2, 0) is 4.79 Å². The number of nitrogens with two attached hydrogens (primary N) is 1. The number of likely N-dealkylation sites (tertiary alicyclic amines) is 1. The number of hydrogen-bond donors (Lipinski definition) is 1. The summed E-state index contributed by atoms with van der Waals surface area (Å²) >= 11 is 0. The molecule has 0 saturated carbocycles. The summed E-state index contributed by atoms with van der Waals surface area (Å²) in [5.41, 5.74) is 7.28. The van der Waals surface area contributed by atoms with Gasteiger partial charge in [-0.05, 0) is 25.0 Å². The van der Waals surface area contributed by atoms with Gasteiger partial charge < -0.3 is 10.6 Å². The molecular formula is C16H18N4O2. The Hall–Kier alpha value is -2.63. The number of benzene rings is 1. The Morgan fingerprint density at radius 2 is 2.00 bits per heavy atom. The van der Waals surface area contributed by atoms with Crippen LogP contribution in [0.1, 0.15) is 30.1 Å². The van der Waals surface area contributed by atoms with Crippen molar-refractivity contribution in [1.82, 2.24) is 14.7 Å². The van der Waals surface area contributed by atoms with Crippen molar-refractivity contribution in [1.29, 1.82) is 0 Å². The molecule has 2 aromatic rings. The zero-order chi connectivity index (χ0) is 15.7. The van der Waals surface area contributed by atoms with Crippen LogP contribution < -0.4 is 5.73 Å². The van der Waals surface area contributed by atoms with Gasteiger partial charge in [-0.25, -0.2) is 4.68 Å². The summed E-state index contributed by atoms with van der Waals surface area (Å²) in [4.78, 5) is 25.9. The lowest BCUT2D eigenvalue weighted by Gasteiger charge is -2.21. The van der Waals surface area contributed by atoms with Gasteiger partial charge in [0.25, 0.3) is 0 Å². The zero-order valence-corrected chi connectivity index (χ0v) is 12.4. The van der Waals surface area contributed by atoms with Gasteiger partial charge in [-0.15, -0.1) is 0 Å². The summed E-state index contributed by atoms with van der Waals surface area (Å²) in [6.45, 7) is 2.11. The molecule has 1 atom stereocenters. The minimum atomic E-state index is -0.423. The molecule has 6 nitrogen and oxygen atoms in total. The average Bonchev–Trinajstić information content (AvgIpc) is 3.14. The van der Waals surface area contributed by atoms with E-state index >= 15 is 0 Å². The Bertz CT molecular complexity index is 708. The third-order valence-electron chi connectivity index (χ3n) is 4.03. The summed E-state index contributed by atoms with van der Waals surface area (Å²) in [5.74, 6) is 0.101. The Morgan fingerprint density at radius 1 is 1.27 bits per heavy atom. The number of amides is 1. The van der Waals surface area contributed by atoms with E-state index in [1.165, 1.54) is 13.1 Å². The Kier molecular flexibility index (Phi) is 3.66. The van der Waals surface area contributed by atoms with Gasteiger partial charge in [0.15, 0.2) is 5.78 Å². The maximum Gasteiger partial charge on any atom is 0.220 e. The van der Waals surface area contributed by atoms with Gasteiger partial charge >= 0.3 is 0 Å². The molecule has 1 aliphatic heterocycles. The molecule has 0 spiro atoms. The second kappa shape index (κ2) is 5.63. The molecule has 114 valence electrons. The number of aromatic nitrogens is 2. The summed E-state index contributed by atoms with van der Waals surface area (Å²) in [5, 5.41) is 4.22. The van der Waals surface area contributed by atoms with Crippen molar-refractivity contribution < 1.29 is 9.59 Å². The molecule has 0 aliphatic carbocycles. The normalized spacial score (nSPS) is 17.7.